The first-order valence-electron chi connectivity index (χ1n) is 5.56. The van der Waals surface area contributed by atoms with E-state index in [9.17, 15) is 5.11 Å². The first kappa shape index (κ1) is 12.7. The number of nitrogens with zero attached hydrogens (tertiary/aromatic N) is 2. The van der Waals surface area contributed by atoms with Crippen molar-refractivity contribution in [2.45, 2.75) is 12.6 Å². The summed E-state index contributed by atoms with van der Waals surface area (Å²) in [6.45, 7) is -0.0430. The van der Waals surface area contributed by atoms with E-state index in [4.69, 9.17) is 14.6 Å². The summed E-state index contributed by atoms with van der Waals surface area (Å²) in [5.74, 6) is 1.24. The van der Waals surface area contributed by atoms with Crippen LogP contribution >= 0.6 is 0 Å². The maximum Gasteiger partial charge on any atom is 0.162 e. The highest BCUT2D eigenvalue weighted by Gasteiger charge is 2.10. The summed E-state index contributed by atoms with van der Waals surface area (Å²) in [6, 6.07) is 3.60. The van der Waals surface area contributed by atoms with Gasteiger partial charge in [0, 0.05) is 17.6 Å². The third-order valence-electron chi connectivity index (χ3n) is 2.67. The van der Waals surface area contributed by atoms with Crippen molar-refractivity contribution in [3.63, 3.8) is 0 Å². The summed E-state index contributed by atoms with van der Waals surface area (Å²) >= 11 is 0. The van der Waals surface area contributed by atoms with Gasteiger partial charge >= 0.3 is 0 Å². The molecule has 0 saturated carbocycles. The van der Waals surface area contributed by atoms with Gasteiger partial charge in [0.1, 0.15) is 0 Å². The lowest BCUT2D eigenvalue weighted by Crippen LogP contribution is -2.19. The Morgan fingerprint density at radius 3 is 2.56 bits per heavy atom. The largest absolute Gasteiger partial charge is 0.493 e. The Balaban J connectivity index is 2.38. The zero-order valence-corrected chi connectivity index (χ0v) is 10.3. The van der Waals surface area contributed by atoms with Crippen molar-refractivity contribution in [3.05, 3.63) is 18.3 Å². The molecular formula is C12H16N2O4. The number of aliphatic hydroxyl groups is 2. The third kappa shape index (κ3) is 2.39. The average Bonchev–Trinajstić information content (AvgIpc) is 2.77. The lowest BCUT2D eigenvalue weighted by atomic mass is 10.2. The summed E-state index contributed by atoms with van der Waals surface area (Å²) in [7, 11) is 3.14. The van der Waals surface area contributed by atoms with Crippen LogP contribution in [0, 0.1) is 0 Å². The highest BCUT2D eigenvalue weighted by molar-refractivity contribution is 5.82. The van der Waals surface area contributed by atoms with E-state index in [-0.39, 0.29) is 13.2 Å². The zero-order chi connectivity index (χ0) is 13.1. The molecule has 1 unspecified atom stereocenters. The van der Waals surface area contributed by atoms with Crippen molar-refractivity contribution < 1.29 is 19.7 Å². The molecule has 6 nitrogen and oxygen atoms in total. The fourth-order valence-corrected chi connectivity index (χ4v) is 1.77. The standard InChI is InChI=1S/C12H16N2O4/c1-17-11-3-8-5-14(6-9(16)7-15)13-10(8)4-12(11)18-2/h3-5,9,15-16H,6-7H2,1-2H3. The highest BCUT2D eigenvalue weighted by Crippen LogP contribution is 2.31. The van der Waals surface area contributed by atoms with E-state index in [2.05, 4.69) is 5.10 Å². The summed E-state index contributed by atoms with van der Waals surface area (Å²) in [4.78, 5) is 0. The summed E-state index contributed by atoms with van der Waals surface area (Å²) in [5.41, 5.74) is 0.748. The minimum Gasteiger partial charge on any atom is -0.493 e. The fraction of sp³-hybridized carbons (Fsp3) is 0.417. The van der Waals surface area contributed by atoms with Gasteiger partial charge in [-0.2, -0.15) is 5.10 Å². The number of fused-ring (bicyclic) bond motifs is 1. The van der Waals surface area contributed by atoms with Gasteiger partial charge < -0.3 is 19.7 Å². The van der Waals surface area contributed by atoms with E-state index < -0.39 is 6.10 Å². The van der Waals surface area contributed by atoms with E-state index in [1.807, 2.05) is 6.07 Å². The summed E-state index contributed by atoms with van der Waals surface area (Å²) in [5, 5.41) is 23.4. The molecule has 0 spiro atoms. The number of hydrogen-bond donors (Lipinski definition) is 2. The molecule has 18 heavy (non-hydrogen) atoms. The SMILES string of the molecule is COc1cc2cn(CC(O)CO)nc2cc1OC. The van der Waals surface area contributed by atoms with Crippen molar-refractivity contribution in [1.82, 2.24) is 9.78 Å². The number of aromatic nitrogens is 2. The molecule has 1 atom stereocenters. The first-order chi connectivity index (χ1) is 8.67. The molecule has 2 N–H and O–H groups in total. The molecule has 0 aliphatic heterocycles. The molecule has 0 aliphatic carbocycles. The molecule has 1 aromatic carbocycles. The van der Waals surface area contributed by atoms with Crippen molar-refractivity contribution in [3.8, 4) is 11.5 Å². The first-order valence-corrected chi connectivity index (χ1v) is 5.56. The average molecular weight is 252 g/mol. The maximum atomic E-state index is 9.38. The van der Waals surface area contributed by atoms with Crippen LogP contribution in [0.5, 0.6) is 11.5 Å². The number of benzene rings is 1. The Morgan fingerprint density at radius 1 is 1.28 bits per heavy atom. The van der Waals surface area contributed by atoms with E-state index in [0.717, 1.165) is 10.9 Å². The van der Waals surface area contributed by atoms with Crippen LogP contribution in [0.25, 0.3) is 10.9 Å². The van der Waals surface area contributed by atoms with Gasteiger partial charge in [-0.3, -0.25) is 4.68 Å². The van der Waals surface area contributed by atoms with E-state index in [0.29, 0.717) is 11.5 Å². The predicted octanol–water partition coefficient (Wildman–Crippen LogP) is 0.407. The van der Waals surface area contributed by atoms with Crippen LogP contribution < -0.4 is 9.47 Å². The second-order valence-electron chi connectivity index (χ2n) is 3.95. The normalized spacial score (nSPS) is 12.7. The van der Waals surface area contributed by atoms with Crippen LogP contribution in [0.1, 0.15) is 0 Å². The van der Waals surface area contributed by atoms with E-state index in [1.54, 1.807) is 31.2 Å². The number of methoxy groups -OCH3 is 2. The van der Waals surface area contributed by atoms with Crippen LogP contribution in [0.2, 0.25) is 0 Å². The maximum absolute atomic E-state index is 9.38. The molecule has 0 amide bonds. The Morgan fingerprint density at radius 2 is 1.94 bits per heavy atom. The molecule has 0 fully saturated rings. The lowest BCUT2D eigenvalue weighted by molar-refractivity contribution is 0.0784. The van der Waals surface area contributed by atoms with Gasteiger partial charge in [-0.1, -0.05) is 0 Å². The van der Waals surface area contributed by atoms with Crippen LogP contribution in [-0.4, -0.2) is 46.9 Å². The fourth-order valence-electron chi connectivity index (χ4n) is 1.77. The number of rotatable bonds is 5. The Hall–Kier alpha value is -1.79. The second-order valence-corrected chi connectivity index (χ2v) is 3.95. The monoisotopic (exact) mass is 252 g/mol. The lowest BCUT2D eigenvalue weighted by Gasteiger charge is -2.06. The quantitative estimate of drug-likeness (QED) is 0.806. The summed E-state index contributed by atoms with van der Waals surface area (Å²) in [6.07, 6.45) is 0.971. The third-order valence-corrected chi connectivity index (χ3v) is 2.67. The molecule has 1 aromatic heterocycles. The molecule has 0 aliphatic rings. The van der Waals surface area contributed by atoms with Crippen molar-refractivity contribution in [1.29, 1.82) is 0 Å². The zero-order valence-electron chi connectivity index (χ0n) is 10.3. The molecule has 2 aromatic rings. The molecular weight excluding hydrogens is 236 g/mol. The van der Waals surface area contributed by atoms with Gasteiger partial charge in [0.05, 0.1) is 39.0 Å². The minimum absolute atomic E-state index is 0.246. The highest BCUT2D eigenvalue weighted by atomic mass is 16.5. The van der Waals surface area contributed by atoms with Gasteiger partial charge in [-0.25, -0.2) is 0 Å². The minimum atomic E-state index is -0.817. The van der Waals surface area contributed by atoms with Crippen molar-refractivity contribution in [2.75, 3.05) is 20.8 Å². The molecule has 0 bridgehead atoms. The second kappa shape index (κ2) is 5.24. The molecule has 6 heteroatoms. The van der Waals surface area contributed by atoms with Gasteiger partial charge in [0.15, 0.2) is 11.5 Å². The van der Waals surface area contributed by atoms with Gasteiger partial charge in [-0.05, 0) is 6.07 Å². The van der Waals surface area contributed by atoms with Crippen LogP contribution in [0.3, 0.4) is 0 Å². The Kier molecular flexibility index (Phi) is 3.69. The predicted molar refractivity (Wildman–Crippen MR) is 65.9 cm³/mol. The Labute approximate surface area is 104 Å². The smallest absolute Gasteiger partial charge is 0.162 e. The molecule has 1 heterocycles. The molecule has 0 radical (unpaired) electrons. The van der Waals surface area contributed by atoms with E-state index in [1.165, 1.54) is 0 Å². The van der Waals surface area contributed by atoms with Crippen molar-refractivity contribution >= 4 is 10.9 Å². The number of aliphatic hydroxyl groups excluding tert-OH is 2. The van der Waals surface area contributed by atoms with Gasteiger partial charge in [0.2, 0.25) is 0 Å². The molecule has 0 saturated heterocycles. The van der Waals surface area contributed by atoms with Gasteiger partial charge in [0.25, 0.3) is 0 Å². The molecule has 98 valence electrons. The van der Waals surface area contributed by atoms with Crippen LogP contribution in [0.4, 0.5) is 0 Å². The Bertz CT molecular complexity index is 497. The number of hydrogen-bond acceptors (Lipinski definition) is 5. The molecule has 2 rings (SSSR count). The van der Waals surface area contributed by atoms with Crippen LogP contribution in [0.15, 0.2) is 18.3 Å². The van der Waals surface area contributed by atoms with E-state index >= 15 is 0 Å². The van der Waals surface area contributed by atoms with Crippen LogP contribution in [-0.2, 0) is 6.54 Å². The summed E-state index contributed by atoms with van der Waals surface area (Å²) < 4.78 is 12.0. The number of ether oxygens (including phenoxy) is 2. The van der Waals surface area contributed by atoms with Crippen molar-refractivity contribution in [2.24, 2.45) is 0 Å². The van der Waals surface area contributed by atoms with Gasteiger partial charge in [-0.15, -0.1) is 0 Å². The topological polar surface area (TPSA) is 76.7 Å².